The second-order valence-electron chi connectivity index (χ2n) is 8.20. The Kier molecular flexibility index (Phi) is 5.00. The van der Waals surface area contributed by atoms with E-state index in [2.05, 4.69) is 20.2 Å². The van der Waals surface area contributed by atoms with Crippen LogP contribution in [0.15, 0.2) is 52.1 Å². The molecule has 2 bridgehead atoms. The third-order valence-corrected chi connectivity index (χ3v) is 6.09. The summed E-state index contributed by atoms with van der Waals surface area (Å²) >= 11 is 0. The highest BCUT2D eigenvalue weighted by atomic mass is 16.3. The zero-order valence-electron chi connectivity index (χ0n) is 16.7. The Labute approximate surface area is 173 Å². The number of hydrogen-bond donors (Lipinski definition) is 2. The molecule has 8 heteroatoms. The number of H-pyrrole nitrogens is 1. The lowest BCUT2D eigenvalue weighted by molar-refractivity contribution is 0.0946. The molecule has 0 spiro atoms. The second-order valence-corrected chi connectivity index (χ2v) is 8.20. The van der Waals surface area contributed by atoms with Crippen molar-refractivity contribution in [3.63, 3.8) is 0 Å². The topological polar surface area (TPSA) is 96.2 Å². The van der Waals surface area contributed by atoms with Crippen molar-refractivity contribution in [2.45, 2.75) is 31.8 Å². The fourth-order valence-electron chi connectivity index (χ4n) is 4.79. The standard InChI is InChI=1S/C22H25N5O3/c28-21(25-6-5-17-2-1-9-30-17)18-3-4-19-16-10-15(12-27(19)22(18)29)11-26(13-16)14-20-23-7-8-24-20/h1-4,7-9,15-16H,5-6,10-14H2,(H,23,24)(H,25,28)/t15-,16+/m0/s1. The summed E-state index contributed by atoms with van der Waals surface area (Å²) in [6.45, 7) is 3.71. The van der Waals surface area contributed by atoms with Crippen LogP contribution in [-0.4, -0.2) is 45.0 Å². The molecule has 3 aromatic heterocycles. The number of carbonyl (C=O) groups excluding carboxylic acids is 1. The van der Waals surface area contributed by atoms with Crippen LogP contribution in [0.1, 0.15) is 40.0 Å². The lowest BCUT2D eigenvalue weighted by Crippen LogP contribution is -2.47. The first-order chi connectivity index (χ1) is 14.7. The minimum absolute atomic E-state index is 0.183. The van der Waals surface area contributed by atoms with Crippen molar-refractivity contribution in [1.82, 2.24) is 24.8 Å². The third kappa shape index (κ3) is 3.70. The number of hydrogen-bond acceptors (Lipinski definition) is 5. The molecular weight excluding hydrogens is 382 g/mol. The molecule has 2 atom stereocenters. The third-order valence-electron chi connectivity index (χ3n) is 6.09. The molecule has 8 nitrogen and oxygen atoms in total. The summed E-state index contributed by atoms with van der Waals surface area (Å²) in [5.74, 6) is 2.16. The second kappa shape index (κ2) is 7.95. The Morgan fingerprint density at radius 3 is 3.00 bits per heavy atom. The first-order valence-corrected chi connectivity index (χ1v) is 10.4. The number of furan rings is 1. The zero-order valence-corrected chi connectivity index (χ0v) is 16.7. The highest BCUT2D eigenvalue weighted by molar-refractivity contribution is 5.93. The number of pyridine rings is 1. The van der Waals surface area contributed by atoms with Crippen molar-refractivity contribution in [3.05, 3.63) is 76.1 Å². The van der Waals surface area contributed by atoms with Crippen LogP contribution < -0.4 is 10.9 Å². The van der Waals surface area contributed by atoms with Crippen molar-refractivity contribution in [2.75, 3.05) is 19.6 Å². The average Bonchev–Trinajstić information content (AvgIpc) is 3.43. The number of amides is 1. The number of aromatic nitrogens is 3. The number of likely N-dealkylation sites (tertiary alicyclic amines) is 1. The van der Waals surface area contributed by atoms with E-state index < -0.39 is 0 Å². The molecule has 1 amide bonds. The van der Waals surface area contributed by atoms with E-state index in [9.17, 15) is 9.59 Å². The molecule has 0 saturated carbocycles. The maximum atomic E-state index is 13.1. The van der Waals surface area contributed by atoms with Gasteiger partial charge in [0.1, 0.15) is 17.1 Å². The average molecular weight is 407 g/mol. The highest BCUT2D eigenvalue weighted by Gasteiger charge is 2.35. The fourth-order valence-corrected chi connectivity index (χ4v) is 4.79. The lowest BCUT2D eigenvalue weighted by atomic mass is 9.83. The van der Waals surface area contributed by atoms with E-state index in [4.69, 9.17) is 4.42 Å². The van der Waals surface area contributed by atoms with Gasteiger partial charge >= 0.3 is 0 Å². The normalized spacial score (nSPS) is 20.7. The summed E-state index contributed by atoms with van der Waals surface area (Å²) < 4.78 is 7.10. The number of carbonyl (C=O) groups is 1. The van der Waals surface area contributed by atoms with Gasteiger partial charge < -0.3 is 19.3 Å². The van der Waals surface area contributed by atoms with Crippen LogP contribution in [0.25, 0.3) is 0 Å². The Hall–Kier alpha value is -3.13. The van der Waals surface area contributed by atoms with Gasteiger partial charge in [-0.25, -0.2) is 4.98 Å². The zero-order chi connectivity index (χ0) is 20.5. The lowest BCUT2D eigenvalue weighted by Gasteiger charge is -2.42. The van der Waals surface area contributed by atoms with E-state index in [1.807, 2.05) is 29.0 Å². The SMILES string of the molecule is O=C(NCCc1ccco1)c1ccc2n(c1=O)C[C@H]1C[C@@H]2CN(Cc2ncc[nH]2)C1. The number of rotatable bonds is 6. The van der Waals surface area contributed by atoms with E-state index in [1.54, 1.807) is 18.5 Å². The summed E-state index contributed by atoms with van der Waals surface area (Å²) in [4.78, 5) is 35.6. The van der Waals surface area contributed by atoms with Crippen LogP contribution >= 0.6 is 0 Å². The van der Waals surface area contributed by atoms with Crippen molar-refractivity contribution in [3.8, 4) is 0 Å². The minimum atomic E-state index is -0.322. The molecule has 1 fully saturated rings. The Morgan fingerprint density at radius 1 is 1.27 bits per heavy atom. The summed E-state index contributed by atoms with van der Waals surface area (Å²) in [6, 6.07) is 7.33. The molecule has 0 unspecified atom stereocenters. The van der Waals surface area contributed by atoms with Gasteiger partial charge in [0.2, 0.25) is 0 Å². The fraction of sp³-hybridized carbons (Fsp3) is 0.409. The summed E-state index contributed by atoms with van der Waals surface area (Å²) in [5.41, 5.74) is 1.07. The van der Waals surface area contributed by atoms with Crippen molar-refractivity contribution < 1.29 is 9.21 Å². The van der Waals surface area contributed by atoms with Gasteiger partial charge in [0.15, 0.2) is 0 Å². The Bertz CT molecular complexity index is 1070. The van der Waals surface area contributed by atoms with Gasteiger partial charge in [0.25, 0.3) is 11.5 Å². The molecule has 156 valence electrons. The van der Waals surface area contributed by atoms with Crippen LogP contribution in [0, 0.1) is 5.92 Å². The van der Waals surface area contributed by atoms with Gasteiger partial charge in [0, 0.05) is 56.6 Å². The molecule has 3 aromatic rings. The first kappa shape index (κ1) is 18.9. The van der Waals surface area contributed by atoms with Crippen LogP contribution in [0.5, 0.6) is 0 Å². The molecule has 2 N–H and O–H groups in total. The van der Waals surface area contributed by atoms with E-state index in [1.165, 1.54) is 0 Å². The monoisotopic (exact) mass is 407 g/mol. The highest BCUT2D eigenvalue weighted by Crippen LogP contribution is 2.35. The molecule has 0 radical (unpaired) electrons. The van der Waals surface area contributed by atoms with Crippen molar-refractivity contribution in [2.24, 2.45) is 5.92 Å². The number of piperidine rings is 1. The first-order valence-electron chi connectivity index (χ1n) is 10.4. The summed E-state index contributed by atoms with van der Waals surface area (Å²) in [7, 11) is 0. The largest absolute Gasteiger partial charge is 0.469 e. The maximum Gasteiger partial charge on any atom is 0.263 e. The minimum Gasteiger partial charge on any atom is -0.469 e. The Morgan fingerprint density at radius 2 is 2.20 bits per heavy atom. The predicted molar refractivity (Wildman–Crippen MR) is 110 cm³/mol. The number of imidazole rings is 1. The van der Waals surface area contributed by atoms with Gasteiger partial charge in [-0.1, -0.05) is 0 Å². The van der Waals surface area contributed by atoms with Crippen LogP contribution in [0.3, 0.4) is 0 Å². The Balaban J connectivity index is 1.29. The number of nitrogens with zero attached hydrogens (tertiary/aromatic N) is 3. The van der Waals surface area contributed by atoms with Crippen LogP contribution in [0.2, 0.25) is 0 Å². The predicted octanol–water partition coefficient (Wildman–Crippen LogP) is 1.76. The van der Waals surface area contributed by atoms with Gasteiger partial charge in [-0.2, -0.15) is 0 Å². The molecule has 1 saturated heterocycles. The summed E-state index contributed by atoms with van der Waals surface area (Å²) in [6.07, 6.45) is 6.91. The van der Waals surface area contributed by atoms with E-state index in [0.29, 0.717) is 31.3 Å². The van der Waals surface area contributed by atoms with Gasteiger partial charge in [-0.15, -0.1) is 0 Å². The number of fused-ring (bicyclic) bond motifs is 4. The molecule has 0 aromatic carbocycles. The van der Waals surface area contributed by atoms with Crippen LogP contribution in [-0.2, 0) is 19.5 Å². The van der Waals surface area contributed by atoms with Gasteiger partial charge in [0.05, 0.1) is 12.8 Å². The van der Waals surface area contributed by atoms with E-state index in [-0.39, 0.29) is 17.0 Å². The molecule has 2 aliphatic heterocycles. The molecule has 30 heavy (non-hydrogen) atoms. The molecule has 2 aliphatic rings. The number of aromatic amines is 1. The van der Waals surface area contributed by atoms with E-state index >= 15 is 0 Å². The number of nitrogens with one attached hydrogen (secondary N) is 2. The van der Waals surface area contributed by atoms with Crippen molar-refractivity contribution in [1.29, 1.82) is 0 Å². The van der Waals surface area contributed by atoms with Crippen LogP contribution in [0.4, 0.5) is 0 Å². The van der Waals surface area contributed by atoms with E-state index in [0.717, 1.165) is 43.3 Å². The smallest absolute Gasteiger partial charge is 0.263 e. The summed E-state index contributed by atoms with van der Waals surface area (Å²) in [5, 5.41) is 2.84. The molecule has 5 rings (SSSR count). The van der Waals surface area contributed by atoms with Crippen molar-refractivity contribution >= 4 is 5.91 Å². The molecular formula is C22H25N5O3. The van der Waals surface area contributed by atoms with Gasteiger partial charge in [-0.05, 0) is 36.6 Å². The molecule has 5 heterocycles. The molecule has 0 aliphatic carbocycles. The quantitative estimate of drug-likeness (QED) is 0.649. The maximum absolute atomic E-state index is 13.1. The van der Waals surface area contributed by atoms with Gasteiger partial charge in [-0.3, -0.25) is 14.5 Å².